The molecule has 3 nitrogen and oxygen atoms in total. The van der Waals surface area contributed by atoms with Crippen molar-refractivity contribution in [2.75, 3.05) is 5.73 Å². The summed E-state index contributed by atoms with van der Waals surface area (Å²) in [4.78, 5) is 12.1. The average molecular weight is 248 g/mol. The molecule has 100 valence electrons. The quantitative estimate of drug-likeness (QED) is 0.787. The summed E-state index contributed by atoms with van der Waals surface area (Å²) >= 11 is 0. The van der Waals surface area contributed by atoms with Crippen molar-refractivity contribution >= 4 is 11.6 Å². The van der Waals surface area contributed by atoms with Gasteiger partial charge in [-0.15, -0.1) is 0 Å². The summed E-state index contributed by atoms with van der Waals surface area (Å²) in [6, 6.07) is 7.71. The number of hydrogen-bond acceptors (Lipinski definition) is 2. The van der Waals surface area contributed by atoms with E-state index in [1.165, 1.54) is 0 Å². The van der Waals surface area contributed by atoms with Gasteiger partial charge in [0.15, 0.2) is 0 Å². The largest absolute Gasteiger partial charge is 0.399 e. The number of carbonyl (C=O) groups is 1. The summed E-state index contributed by atoms with van der Waals surface area (Å²) in [5.41, 5.74) is 7.39. The summed E-state index contributed by atoms with van der Waals surface area (Å²) in [5.74, 6) is 0.385. The molecule has 0 fully saturated rings. The second-order valence-corrected chi connectivity index (χ2v) is 5.07. The molecule has 0 bridgehead atoms. The number of anilines is 1. The maximum atomic E-state index is 12.1. The van der Waals surface area contributed by atoms with Crippen molar-refractivity contribution in [1.82, 2.24) is 5.32 Å². The highest BCUT2D eigenvalue weighted by molar-refractivity contribution is 5.83. The number of nitrogen functional groups attached to an aromatic ring is 1. The van der Waals surface area contributed by atoms with Crippen LogP contribution in [0.3, 0.4) is 0 Å². The van der Waals surface area contributed by atoms with Gasteiger partial charge in [-0.05, 0) is 37.5 Å². The number of amides is 1. The van der Waals surface area contributed by atoms with Gasteiger partial charge < -0.3 is 11.1 Å². The fourth-order valence-corrected chi connectivity index (χ4v) is 1.82. The maximum absolute atomic E-state index is 12.1. The van der Waals surface area contributed by atoms with Crippen molar-refractivity contribution in [1.29, 1.82) is 0 Å². The number of carbonyl (C=O) groups excluding carboxylic acids is 1. The molecule has 3 N–H and O–H groups in total. The lowest BCUT2D eigenvalue weighted by atomic mass is 9.97. The van der Waals surface area contributed by atoms with Crippen LogP contribution in [0.5, 0.6) is 0 Å². The minimum Gasteiger partial charge on any atom is -0.399 e. The smallest absolute Gasteiger partial charge is 0.227 e. The zero-order valence-corrected chi connectivity index (χ0v) is 11.7. The number of hydrogen-bond donors (Lipinski definition) is 2. The molecule has 0 saturated heterocycles. The Bertz CT molecular complexity index is 403. The number of benzene rings is 1. The summed E-state index contributed by atoms with van der Waals surface area (Å²) in [6.45, 7) is 8.25. The molecule has 0 heterocycles. The zero-order chi connectivity index (χ0) is 13.7. The molecule has 3 unspecified atom stereocenters. The Labute approximate surface area is 110 Å². The van der Waals surface area contributed by atoms with Crippen molar-refractivity contribution in [2.24, 2.45) is 5.92 Å². The predicted molar refractivity (Wildman–Crippen MR) is 76.3 cm³/mol. The summed E-state index contributed by atoms with van der Waals surface area (Å²) in [5, 5.41) is 3.07. The molecule has 1 rings (SSSR count). The van der Waals surface area contributed by atoms with Gasteiger partial charge in [-0.1, -0.05) is 32.4 Å². The molecule has 0 saturated carbocycles. The Morgan fingerprint density at radius 1 is 1.33 bits per heavy atom. The van der Waals surface area contributed by atoms with Crippen LogP contribution in [0.1, 0.15) is 45.6 Å². The van der Waals surface area contributed by atoms with Crippen molar-refractivity contribution in [2.45, 2.75) is 46.1 Å². The Morgan fingerprint density at radius 2 is 2.00 bits per heavy atom. The summed E-state index contributed by atoms with van der Waals surface area (Å²) < 4.78 is 0. The first-order valence-electron chi connectivity index (χ1n) is 6.61. The van der Waals surface area contributed by atoms with Gasteiger partial charge in [-0.3, -0.25) is 4.79 Å². The molecule has 1 aromatic rings. The first-order chi connectivity index (χ1) is 8.45. The van der Waals surface area contributed by atoms with E-state index < -0.39 is 0 Å². The minimum atomic E-state index is -0.167. The van der Waals surface area contributed by atoms with Crippen LogP contribution >= 0.6 is 0 Å². The van der Waals surface area contributed by atoms with Crippen LogP contribution < -0.4 is 11.1 Å². The van der Waals surface area contributed by atoms with Crippen LogP contribution in [0.25, 0.3) is 0 Å². The van der Waals surface area contributed by atoms with E-state index in [0.29, 0.717) is 11.6 Å². The number of rotatable bonds is 5. The molecule has 0 aromatic heterocycles. The van der Waals surface area contributed by atoms with Gasteiger partial charge in [0.1, 0.15) is 0 Å². The van der Waals surface area contributed by atoms with E-state index in [1.54, 1.807) is 0 Å². The van der Waals surface area contributed by atoms with Crippen LogP contribution in [0.15, 0.2) is 24.3 Å². The third-order valence-electron chi connectivity index (χ3n) is 3.67. The first-order valence-corrected chi connectivity index (χ1v) is 6.61. The highest BCUT2D eigenvalue weighted by Gasteiger charge is 2.19. The lowest BCUT2D eigenvalue weighted by Crippen LogP contribution is -2.39. The molecular weight excluding hydrogens is 224 g/mol. The van der Waals surface area contributed by atoms with E-state index in [0.717, 1.165) is 12.0 Å². The van der Waals surface area contributed by atoms with Gasteiger partial charge in [0.25, 0.3) is 0 Å². The van der Waals surface area contributed by atoms with Crippen molar-refractivity contribution < 1.29 is 4.79 Å². The molecular formula is C15H24N2O. The Hall–Kier alpha value is -1.51. The highest BCUT2D eigenvalue weighted by Crippen LogP contribution is 2.18. The van der Waals surface area contributed by atoms with Gasteiger partial charge >= 0.3 is 0 Å². The van der Waals surface area contributed by atoms with Gasteiger partial charge in [-0.2, -0.15) is 0 Å². The van der Waals surface area contributed by atoms with E-state index in [2.05, 4.69) is 26.1 Å². The summed E-state index contributed by atoms with van der Waals surface area (Å²) in [6.07, 6.45) is 1.06. The van der Waals surface area contributed by atoms with E-state index in [1.807, 2.05) is 31.2 Å². The van der Waals surface area contributed by atoms with Gasteiger partial charge in [0.05, 0.1) is 5.92 Å². The van der Waals surface area contributed by atoms with Crippen molar-refractivity contribution in [3.63, 3.8) is 0 Å². The molecule has 0 aliphatic heterocycles. The standard InChI is InChI=1S/C15H24N2O/c1-5-10(2)12(4)17-15(18)11(3)13-7-6-8-14(16)9-13/h6-12H,5,16H2,1-4H3,(H,17,18). The Morgan fingerprint density at radius 3 is 2.56 bits per heavy atom. The second kappa shape index (κ2) is 6.43. The Balaban J connectivity index is 2.67. The third-order valence-corrected chi connectivity index (χ3v) is 3.67. The van der Waals surface area contributed by atoms with E-state index >= 15 is 0 Å². The van der Waals surface area contributed by atoms with Crippen molar-refractivity contribution in [3.05, 3.63) is 29.8 Å². The SMILES string of the molecule is CCC(C)C(C)NC(=O)C(C)c1cccc(N)c1. The first kappa shape index (κ1) is 14.6. The predicted octanol–water partition coefficient (Wildman–Crippen LogP) is 2.92. The maximum Gasteiger partial charge on any atom is 0.227 e. The van der Waals surface area contributed by atoms with Crippen LogP contribution in [0.2, 0.25) is 0 Å². The van der Waals surface area contributed by atoms with Gasteiger partial charge in [0.2, 0.25) is 5.91 Å². The molecule has 1 aromatic carbocycles. The average Bonchev–Trinajstić information content (AvgIpc) is 2.36. The number of nitrogens with one attached hydrogen (secondary N) is 1. The monoisotopic (exact) mass is 248 g/mol. The zero-order valence-electron chi connectivity index (χ0n) is 11.7. The topological polar surface area (TPSA) is 55.1 Å². The van der Waals surface area contributed by atoms with E-state index in [-0.39, 0.29) is 17.9 Å². The second-order valence-electron chi connectivity index (χ2n) is 5.07. The fraction of sp³-hybridized carbons (Fsp3) is 0.533. The molecule has 18 heavy (non-hydrogen) atoms. The Kier molecular flexibility index (Phi) is 5.20. The molecule has 3 heteroatoms. The normalized spacial score (nSPS) is 15.8. The molecule has 0 spiro atoms. The number of nitrogens with two attached hydrogens (primary N) is 1. The fourth-order valence-electron chi connectivity index (χ4n) is 1.82. The van der Waals surface area contributed by atoms with Gasteiger partial charge in [0, 0.05) is 11.7 Å². The van der Waals surface area contributed by atoms with Crippen molar-refractivity contribution in [3.8, 4) is 0 Å². The van der Waals surface area contributed by atoms with Gasteiger partial charge in [-0.25, -0.2) is 0 Å². The van der Waals surface area contributed by atoms with Crippen LogP contribution in [0, 0.1) is 5.92 Å². The lowest BCUT2D eigenvalue weighted by Gasteiger charge is -2.22. The molecule has 0 radical (unpaired) electrons. The lowest BCUT2D eigenvalue weighted by molar-refractivity contribution is -0.123. The molecule has 1 amide bonds. The molecule has 0 aliphatic rings. The van der Waals surface area contributed by atoms with E-state index in [9.17, 15) is 4.79 Å². The van der Waals surface area contributed by atoms with Crippen LogP contribution in [-0.4, -0.2) is 11.9 Å². The van der Waals surface area contributed by atoms with Crippen LogP contribution in [-0.2, 0) is 4.79 Å². The molecule has 3 atom stereocenters. The summed E-state index contributed by atoms with van der Waals surface area (Å²) in [7, 11) is 0. The molecule has 0 aliphatic carbocycles. The minimum absolute atomic E-state index is 0.0633. The van der Waals surface area contributed by atoms with Crippen LogP contribution in [0.4, 0.5) is 5.69 Å². The highest BCUT2D eigenvalue weighted by atomic mass is 16.1. The van der Waals surface area contributed by atoms with E-state index in [4.69, 9.17) is 5.73 Å². The third kappa shape index (κ3) is 3.76.